The molecule has 10 heavy (non-hydrogen) atoms. The summed E-state index contributed by atoms with van der Waals surface area (Å²) >= 11 is 0. The number of carbonyl (C=O) groups excluding carboxylic acids is 1. The fraction of sp³-hybridized carbons (Fsp3) is 0. The molecule has 1 aromatic rings. The molecule has 1 amide bonds. The summed E-state index contributed by atoms with van der Waals surface area (Å²) in [5.41, 5.74) is 5.48. The Balaban J connectivity index is 0.000000810. The van der Waals surface area contributed by atoms with Gasteiger partial charge >= 0.3 is 0 Å². The second-order valence-corrected chi connectivity index (χ2v) is 1.65. The SMILES string of the molecule is NC(=O)c1cc[nH+]cc1.[I-]. The number of hydrogen-bond donors (Lipinski definition) is 1. The number of pyridine rings is 1. The van der Waals surface area contributed by atoms with E-state index in [0.29, 0.717) is 5.56 Å². The van der Waals surface area contributed by atoms with Gasteiger partial charge in [-0.25, -0.2) is 4.98 Å². The highest BCUT2D eigenvalue weighted by molar-refractivity contribution is 5.92. The highest BCUT2D eigenvalue weighted by Gasteiger charge is 1.97. The van der Waals surface area contributed by atoms with Gasteiger partial charge in [0.15, 0.2) is 12.4 Å². The van der Waals surface area contributed by atoms with Crippen LogP contribution in [0, 0.1) is 0 Å². The van der Waals surface area contributed by atoms with E-state index in [4.69, 9.17) is 5.73 Å². The highest BCUT2D eigenvalue weighted by Crippen LogP contribution is 1.89. The molecule has 0 aliphatic carbocycles. The van der Waals surface area contributed by atoms with E-state index in [9.17, 15) is 4.79 Å². The Morgan fingerprint density at radius 1 is 1.40 bits per heavy atom. The second kappa shape index (κ2) is 4.21. The molecule has 4 heteroatoms. The van der Waals surface area contributed by atoms with Crippen LogP contribution in [0.2, 0.25) is 0 Å². The Kier molecular flexibility index (Phi) is 3.94. The maximum Gasteiger partial charge on any atom is 0.249 e. The van der Waals surface area contributed by atoms with Gasteiger partial charge in [0, 0.05) is 12.1 Å². The molecule has 0 spiro atoms. The van der Waals surface area contributed by atoms with Gasteiger partial charge in [0.2, 0.25) is 5.91 Å². The number of H-pyrrole nitrogens is 1. The van der Waals surface area contributed by atoms with Crippen molar-refractivity contribution in [2.75, 3.05) is 0 Å². The number of primary amides is 1. The zero-order chi connectivity index (χ0) is 6.69. The van der Waals surface area contributed by atoms with E-state index >= 15 is 0 Å². The Labute approximate surface area is 75.7 Å². The van der Waals surface area contributed by atoms with Gasteiger partial charge in [-0.3, -0.25) is 4.79 Å². The summed E-state index contributed by atoms with van der Waals surface area (Å²) in [6.45, 7) is 0. The van der Waals surface area contributed by atoms with Crippen LogP contribution in [0.3, 0.4) is 0 Å². The maximum atomic E-state index is 10.4. The number of aromatic amines is 1. The molecule has 0 aliphatic rings. The number of hydrogen-bond acceptors (Lipinski definition) is 1. The van der Waals surface area contributed by atoms with Gasteiger partial charge in [-0.15, -0.1) is 0 Å². The number of carbonyl (C=O) groups is 1. The zero-order valence-corrected chi connectivity index (χ0v) is 7.33. The summed E-state index contributed by atoms with van der Waals surface area (Å²) in [5, 5.41) is 0. The van der Waals surface area contributed by atoms with E-state index in [-0.39, 0.29) is 24.0 Å². The van der Waals surface area contributed by atoms with E-state index in [0.717, 1.165) is 0 Å². The maximum absolute atomic E-state index is 10.4. The second-order valence-electron chi connectivity index (χ2n) is 1.65. The molecule has 3 nitrogen and oxygen atoms in total. The first-order chi connectivity index (χ1) is 4.30. The lowest BCUT2D eigenvalue weighted by atomic mass is 10.3. The molecule has 0 saturated heterocycles. The first-order valence-corrected chi connectivity index (χ1v) is 2.56. The van der Waals surface area contributed by atoms with E-state index in [1.54, 1.807) is 24.5 Å². The lowest BCUT2D eigenvalue weighted by Crippen LogP contribution is -3.00. The molecule has 0 aromatic carbocycles. The molecular weight excluding hydrogens is 243 g/mol. The van der Waals surface area contributed by atoms with Gasteiger partial charge < -0.3 is 29.7 Å². The first-order valence-electron chi connectivity index (χ1n) is 2.56. The standard InChI is InChI=1S/C6H6N2O.HI/c7-6(9)5-1-3-8-4-2-5;/h1-4H,(H2,7,9);1H. The number of nitrogens with two attached hydrogens (primary N) is 1. The van der Waals surface area contributed by atoms with Gasteiger partial charge in [0.05, 0.1) is 5.56 Å². The monoisotopic (exact) mass is 250 g/mol. The third-order valence-electron chi connectivity index (χ3n) is 1.00. The van der Waals surface area contributed by atoms with Crippen molar-refractivity contribution >= 4 is 5.91 Å². The van der Waals surface area contributed by atoms with Crippen molar-refractivity contribution in [2.24, 2.45) is 5.73 Å². The number of amides is 1. The van der Waals surface area contributed by atoms with Crippen LogP contribution in [-0.2, 0) is 0 Å². The van der Waals surface area contributed by atoms with Crippen LogP contribution in [-0.4, -0.2) is 5.91 Å². The minimum Gasteiger partial charge on any atom is -1.00 e. The number of rotatable bonds is 1. The summed E-state index contributed by atoms with van der Waals surface area (Å²) < 4.78 is 0. The molecule has 0 radical (unpaired) electrons. The first kappa shape index (κ1) is 9.35. The van der Waals surface area contributed by atoms with E-state index in [1.165, 1.54) is 0 Å². The quantitative estimate of drug-likeness (QED) is 0.519. The molecule has 0 bridgehead atoms. The Morgan fingerprint density at radius 2 is 1.90 bits per heavy atom. The van der Waals surface area contributed by atoms with E-state index < -0.39 is 5.91 Å². The van der Waals surface area contributed by atoms with Crippen molar-refractivity contribution in [1.29, 1.82) is 0 Å². The lowest BCUT2D eigenvalue weighted by molar-refractivity contribution is -0.378. The predicted octanol–water partition coefficient (Wildman–Crippen LogP) is -3.40. The third kappa shape index (κ3) is 2.30. The molecule has 1 aromatic heterocycles. The molecule has 0 saturated carbocycles. The van der Waals surface area contributed by atoms with Crippen molar-refractivity contribution in [3.05, 3.63) is 30.1 Å². The third-order valence-corrected chi connectivity index (χ3v) is 1.00. The zero-order valence-electron chi connectivity index (χ0n) is 5.17. The Bertz CT molecular complexity index is 212. The van der Waals surface area contributed by atoms with Gasteiger partial charge in [0.25, 0.3) is 0 Å². The fourth-order valence-corrected chi connectivity index (χ4v) is 0.551. The van der Waals surface area contributed by atoms with Crippen LogP contribution in [0.1, 0.15) is 10.4 Å². The minimum atomic E-state index is -0.399. The predicted molar refractivity (Wildman–Crippen MR) is 31.5 cm³/mol. The molecule has 1 rings (SSSR count). The lowest BCUT2D eigenvalue weighted by Gasteiger charge is -1.85. The summed E-state index contributed by atoms with van der Waals surface area (Å²) in [4.78, 5) is 13.2. The van der Waals surface area contributed by atoms with Crippen molar-refractivity contribution in [3.63, 3.8) is 0 Å². The normalized spacial score (nSPS) is 8.00. The highest BCUT2D eigenvalue weighted by atomic mass is 127. The Hall–Kier alpha value is -0.650. The van der Waals surface area contributed by atoms with Crippen molar-refractivity contribution in [2.45, 2.75) is 0 Å². The molecular formula is C6H7IN2O. The molecule has 3 N–H and O–H groups in total. The average molecular weight is 250 g/mol. The van der Waals surface area contributed by atoms with Gasteiger partial charge in [-0.2, -0.15) is 0 Å². The van der Waals surface area contributed by atoms with E-state index in [1.807, 2.05) is 0 Å². The van der Waals surface area contributed by atoms with Crippen LogP contribution < -0.4 is 34.7 Å². The summed E-state index contributed by atoms with van der Waals surface area (Å²) in [7, 11) is 0. The van der Waals surface area contributed by atoms with Crippen LogP contribution >= 0.6 is 0 Å². The number of halogens is 1. The molecule has 0 aliphatic heterocycles. The van der Waals surface area contributed by atoms with Gasteiger partial charge in [0.1, 0.15) is 0 Å². The van der Waals surface area contributed by atoms with Crippen molar-refractivity contribution in [1.82, 2.24) is 0 Å². The minimum absolute atomic E-state index is 0. The number of aromatic nitrogens is 1. The van der Waals surface area contributed by atoms with Gasteiger partial charge in [-0.05, 0) is 0 Å². The van der Waals surface area contributed by atoms with Gasteiger partial charge in [-0.1, -0.05) is 0 Å². The average Bonchev–Trinajstić information content (AvgIpc) is 1.90. The largest absolute Gasteiger partial charge is 1.00 e. The number of nitrogens with one attached hydrogen (secondary N) is 1. The van der Waals surface area contributed by atoms with Crippen LogP contribution in [0.15, 0.2) is 24.5 Å². The van der Waals surface area contributed by atoms with Crippen molar-refractivity contribution in [3.8, 4) is 0 Å². The molecule has 1 heterocycles. The topological polar surface area (TPSA) is 57.2 Å². The summed E-state index contributed by atoms with van der Waals surface area (Å²) in [6, 6.07) is 3.25. The van der Waals surface area contributed by atoms with Crippen LogP contribution in [0.4, 0.5) is 0 Å². The van der Waals surface area contributed by atoms with Crippen molar-refractivity contribution < 1.29 is 33.8 Å². The smallest absolute Gasteiger partial charge is 0.249 e. The molecule has 0 atom stereocenters. The molecule has 0 unspecified atom stereocenters. The van der Waals surface area contributed by atoms with E-state index in [2.05, 4.69) is 4.98 Å². The summed E-state index contributed by atoms with van der Waals surface area (Å²) in [5.74, 6) is -0.399. The molecule has 0 fully saturated rings. The molecule has 54 valence electrons. The Morgan fingerprint density at radius 3 is 2.20 bits per heavy atom. The fourth-order valence-electron chi connectivity index (χ4n) is 0.551. The summed E-state index contributed by atoms with van der Waals surface area (Å²) in [6.07, 6.45) is 3.31. The van der Waals surface area contributed by atoms with Crippen LogP contribution in [0.5, 0.6) is 0 Å². The van der Waals surface area contributed by atoms with Crippen LogP contribution in [0.25, 0.3) is 0 Å².